The Balaban J connectivity index is 2.29. The molecule has 1 aliphatic rings. The average molecular weight is 259 g/mol. The fraction of sp³-hybridized carbons (Fsp3) is 0.500. The Kier molecular flexibility index (Phi) is 3.70. The summed E-state index contributed by atoms with van der Waals surface area (Å²) >= 11 is 0. The predicted octanol–water partition coefficient (Wildman–Crippen LogP) is 2.46. The van der Waals surface area contributed by atoms with E-state index in [1.54, 1.807) is 19.1 Å². The summed E-state index contributed by atoms with van der Waals surface area (Å²) in [6, 6.07) is 5.34. The molecule has 100 valence electrons. The van der Waals surface area contributed by atoms with Gasteiger partial charge in [0, 0.05) is 5.69 Å². The number of nitrogens with zero attached hydrogens (tertiary/aromatic N) is 2. The monoisotopic (exact) mass is 259 g/mol. The quantitative estimate of drug-likeness (QED) is 0.870. The molecule has 1 fully saturated rings. The van der Waals surface area contributed by atoms with Crippen LogP contribution in [0.4, 0.5) is 5.82 Å². The van der Waals surface area contributed by atoms with Crippen LogP contribution in [0, 0.1) is 18.3 Å². The third-order valence-electron chi connectivity index (χ3n) is 3.57. The lowest BCUT2D eigenvalue weighted by molar-refractivity contribution is -0.143. The van der Waals surface area contributed by atoms with Gasteiger partial charge in [0.05, 0.1) is 11.6 Å². The Bertz CT molecular complexity index is 528. The lowest BCUT2D eigenvalue weighted by atomic mass is 9.81. The van der Waals surface area contributed by atoms with Gasteiger partial charge in [-0.2, -0.15) is 5.26 Å². The highest BCUT2D eigenvalue weighted by atomic mass is 16.4. The average Bonchev–Trinajstić information content (AvgIpc) is 2.38. The van der Waals surface area contributed by atoms with Gasteiger partial charge in [-0.05, 0) is 31.9 Å². The Morgan fingerprint density at radius 3 is 2.68 bits per heavy atom. The van der Waals surface area contributed by atoms with Gasteiger partial charge in [0.25, 0.3) is 0 Å². The third kappa shape index (κ3) is 2.84. The normalized spacial score (nSPS) is 17.5. The number of nitrogens with one attached hydrogen (secondary N) is 1. The summed E-state index contributed by atoms with van der Waals surface area (Å²) in [5, 5.41) is 21.5. The third-order valence-corrected chi connectivity index (χ3v) is 3.57. The summed E-state index contributed by atoms with van der Waals surface area (Å²) < 4.78 is 0. The zero-order valence-electron chi connectivity index (χ0n) is 10.9. The van der Waals surface area contributed by atoms with Gasteiger partial charge in [0.15, 0.2) is 0 Å². The van der Waals surface area contributed by atoms with Gasteiger partial charge >= 0.3 is 5.97 Å². The van der Waals surface area contributed by atoms with E-state index in [0.717, 1.165) is 19.3 Å². The number of aliphatic carboxylic acids is 1. The Morgan fingerprint density at radius 1 is 1.42 bits per heavy atom. The molecule has 5 nitrogen and oxygen atoms in total. The Hall–Kier alpha value is -2.09. The first-order valence-electron chi connectivity index (χ1n) is 6.46. The van der Waals surface area contributed by atoms with Crippen molar-refractivity contribution < 1.29 is 9.90 Å². The van der Waals surface area contributed by atoms with E-state index in [0.29, 0.717) is 29.9 Å². The van der Waals surface area contributed by atoms with Crippen molar-refractivity contribution in [3.05, 3.63) is 23.4 Å². The molecule has 1 aromatic rings. The maximum atomic E-state index is 11.6. The molecule has 0 radical (unpaired) electrons. The van der Waals surface area contributed by atoms with Crippen molar-refractivity contribution >= 4 is 11.8 Å². The summed E-state index contributed by atoms with van der Waals surface area (Å²) in [5.74, 6) is -0.366. The van der Waals surface area contributed by atoms with Crippen molar-refractivity contribution in [2.75, 3.05) is 5.32 Å². The number of aryl methyl sites for hydroxylation is 1. The molecule has 0 spiro atoms. The van der Waals surface area contributed by atoms with Crippen molar-refractivity contribution in [2.24, 2.45) is 0 Å². The first-order chi connectivity index (χ1) is 9.05. The molecular weight excluding hydrogens is 242 g/mol. The van der Waals surface area contributed by atoms with Crippen molar-refractivity contribution in [3.8, 4) is 6.07 Å². The predicted molar refractivity (Wildman–Crippen MR) is 70.8 cm³/mol. The second-order valence-corrected chi connectivity index (χ2v) is 5.07. The first kappa shape index (κ1) is 13.3. The van der Waals surface area contributed by atoms with Crippen LogP contribution >= 0.6 is 0 Å². The number of aromatic nitrogens is 1. The molecule has 0 amide bonds. The van der Waals surface area contributed by atoms with Crippen LogP contribution < -0.4 is 5.32 Å². The number of pyridine rings is 1. The molecule has 1 aliphatic carbocycles. The summed E-state index contributed by atoms with van der Waals surface area (Å²) in [7, 11) is 0. The maximum Gasteiger partial charge on any atom is 0.329 e. The van der Waals surface area contributed by atoms with Crippen LogP contribution in [0.25, 0.3) is 0 Å². The molecule has 2 N–H and O–H groups in total. The highest BCUT2D eigenvalue weighted by molar-refractivity contribution is 5.82. The minimum atomic E-state index is -0.939. The molecule has 0 aromatic carbocycles. The molecule has 5 heteroatoms. The van der Waals surface area contributed by atoms with Gasteiger partial charge in [-0.1, -0.05) is 19.3 Å². The zero-order chi connectivity index (χ0) is 13.9. The SMILES string of the molecule is Cc1cc(C#N)cc(NC2(C(=O)O)CCCCC2)n1. The Labute approximate surface area is 112 Å². The van der Waals surface area contributed by atoms with E-state index in [1.807, 2.05) is 0 Å². The van der Waals surface area contributed by atoms with Crippen LogP contribution in [0.3, 0.4) is 0 Å². The summed E-state index contributed by atoms with van der Waals surface area (Å²) in [5.41, 5.74) is 0.260. The maximum absolute atomic E-state index is 11.6. The second kappa shape index (κ2) is 5.27. The number of carboxylic acid groups (broad SMARTS) is 1. The van der Waals surface area contributed by atoms with Gasteiger partial charge in [-0.3, -0.25) is 0 Å². The highest BCUT2D eigenvalue weighted by Crippen LogP contribution is 2.31. The molecule has 2 rings (SSSR count). The van der Waals surface area contributed by atoms with Crippen LogP contribution in [0.2, 0.25) is 0 Å². The molecule has 1 aromatic heterocycles. The fourth-order valence-corrected chi connectivity index (χ4v) is 2.59. The molecule has 0 unspecified atom stereocenters. The molecule has 0 aliphatic heterocycles. The van der Waals surface area contributed by atoms with Gasteiger partial charge in [0.1, 0.15) is 11.4 Å². The zero-order valence-corrected chi connectivity index (χ0v) is 10.9. The Morgan fingerprint density at radius 2 is 2.11 bits per heavy atom. The standard InChI is InChI=1S/C14H17N3O2/c1-10-7-11(9-15)8-12(16-10)17-14(13(18)19)5-3-2-4-6-14/h7-8H,2-6H2,1H3,(H,16,17)(H,18,19). The van der Waals surface area contributed by atoms with E-state index in [4.69, 9.17) is 5.26 Å². The molecule has 0 atom stereocenters. The number of anilines is 1. The summed E-state index contributed by atoms with van der Waals surface area (Å²) in [6.07, 6.45) is 4.06. The minimum Gasteiger partial charge on any atom is -0.480 e. The lowest BCUT2D eigenvalue weighted by Gasteiger charge is -2.34. The van der Waals surface area contributed by atoms with Crippen LogP contribution in [0.5, 0.6) is 0 Å². The smallest absolute Gasteiger partial charge is 0.329 e. The number of hydrogen-bond acceptors (Lipinski definition) is 4. The number of hydrogen-bond donors (Lipinski definition) is 2. The van der Waals surface area contributed by atoms with Crippen molar-refractivity contribution in [3.63, 3.8) is 0 Å². The number of carbonyl (C=O) groups is 1. The molecule has 1 heterocycles. The fourth-order valence-electron chi connectivity index (χ4n) is 2.59. The van der Waals surface area contributed by atoms with E-state index in [1.165, 1.54) is 0 Å². The topological polar surface area (TPSA) is 86.0 Å². The second-order valence-electron chi connectivity index (χ2n) is 5.07. The highest BCUT2D eigenvalue weighted by Gasteiger charge is 2.39. The van der Waals surface area contributed by atoms with Crippen molar-refractivity contribution in [1.29, 1.82) is 5.26 Å². The first-order valence-corrected chi connectivity index (χ1v) is 6.46. The van der Waals surface area contributed by atoms with Crippen molar-refractivity contribution in [2.45, 2.75) is 44.6 Å². The minimum absolute atomic E-state index is 0.473. The molecule has 19 heavy (non-hydrogen) atoms. The molecule has 1 saturated carbocycles. The molecule has 0 bridgehead atoms. The van der Waals surface area contributed by atoms with E-state index in [2.05, 4.69) is 16.4 Å². The van der Waals surface area contributed by atoms with Gasteiger partial charge in [0.2, 0.25) is 0 Å². The number of rotatable bonds is 3. The summed E-state index contributed by atoms with van der Waals surface area (Å²) in [4.78, 5) is 15.8. The van der Waals surface area contributed by atoms with Crippen LogP contribution in [-0.4, -0.2) is 21.6 Å². The number of carboxylic acids is 1. The number of nitriles is 1. The van der Waals surface area contributed by atoms with Crippen molar-refractivity contribution in [1.82, 2.24) is 4.98 Å². The van der Waals surface area contributed by atoms with Gasteiger partial charge < -0.3 is 10.4 Å². The summed E-state index contributed by atoms with van der Waals surface area (Å²) in [6.45, 7) is 1.79. The lowest BCUT2D eigenvalue weighted by Crippen LogP contribution is -2.48. The van der Waals surface area contributed by atoms with Crippen LogP contribution in [-0.2, 0) is 4.79 Å². The van der Waals surface area contributed by atoms with Crippen LogP contribution in [0.15, 0.2) is 12.1 Å². The molecular formula is C14H17N3O2. The van der Waals surface area contributed by atoms with E-state index >= 15 is 0 Å². The largest absolute Gasteiger partial charge is 0.480 e. The van der Waals surface area contributed by atoms with E-state index in [9.17, 15) is 9.90 Å². The van der Waals surface area contributed by atoms with E-state index in [-0.39, 0.29) is 0 Å². The van der Waals surface area contributed by atoms with Gasteiger partial charge in [-0.15, -0.1) is 0 Å². The molecule has 0 saturated heterocycles. The van der Waals surface area contributed by atoms with E-state index < -0.39 is 11.5 Å². The van der Waals surface area contributed by atoms with Gasteiger partial charge in [-0.25, -0.2) is 9.78 Å². The van der Waals surface area contributed by atoms with Crippen LogP contribution in [0.1, 0.15) is 43.4 Å².